The zero-order valence-corrected chi connectivity index (χ0v) is 36.7. The first kappa shape index (κ1) is 45.0. The molecule has 4 aromatic carbocycles. The van der Waals surface area contributed by atoms with Crippen LogP contribution in [0.15, 0.2) is 89.8 Å². The van der Waals surface area contributed by atoms with Gasteiger partial charge in [-0.1, -0.05) is 83.7 Å². The van der Waals surface area contributed by atoms with Gasteiger partial charge in [-0.25, -0.2) is 8.42 Å². The third-order valence-corrected chi connectivity index (χ3v) is 15.2. The maximum absolute atomic E-state index is 13.5. The monoisotopic (exact) mass is 814 g/mol. The number of aliphatic hydroxyl groups excluding tert-OH is 2. The maximum atomic E-state index is 13.5. The lowest BCUT2D eigenvalue weighted by molar-refractivity contribution is -0.00160. The molecule has 1 aliphatic heterocycles. The standard InChI is InChI=1S/C25H34O3.C24H32O5S/c1-5-7-14-25(6-2)15-13-18-11-12-21(28-4)17-22(18)23(24(25)26)19-9-8-10-20(16-19)27-3;1-5-7-13-24(6-2)16-30(26,27)21-12-11-19(29-4)15-20(21)22(23(24)25)17-9-8-10-18(14-17)28-3/h8-12,16-17,23-24,26H,5-7,13-15H2,1-4H3;8-12,14-15,22-23,25H,5-7,13,16H2,1-4H3/t23-,24-,25-;22-,23-,24+/m10/s1. The van der Waals surface area contributed by atoms with Crippen LogP contribution in [0.25, 0.3) is 0 Å². The minimum Gasteiger partial charge on any atom is -0.497 e. The number of methoxy groups -OCH3 is 4. The number of aryl methyl sites for hydroxylation is 1. The molecule has 0 amide bonds. The summed E-state index contributed by atoms with van der Waals surface area (Å²) in [6.45, 7) is 8.53. The Morgan fingerprint density at radius 3 is 1.59 bits per heavy atom. The number of sulfone groups is 1. The van der Waals surface area contributed by atoms with Crippen molar-refractivity contribution in [1.29, 1.82) is 0 Å². The maximum Gasteiger partial charge on any atom is 0.179 e. The van der Waals surface area contributed by atoms with Gasteiger partial charge in [-0.2, -0.15) is 0 Å². The number of benzene rings is 4. The van der Waals surface area contributed by atoms with E-state index in [4.69, 9.17) is 18.9 Å². The number of fused-ring (bicyclic) bond motifs is 2. The summed E-state index contributed by atoms with van der Waals surface area (Å²) in [5, 5.41) is 23.6. The molecular formula is C49H66O8S. The first-order chi connectivity index (χ1) is 27.9. The van der Waals surface area contributed by atoms with Crippen molar-refractivity contribution in [2.45, 2.75) is 121 Å². The fraction of sp³-hybridized carbons (Fsp3) is 0.510. The molecule has 0 saturated heterocycles. The van der Waals surface area contributed by atoms with Crippen LogP contribution in [-0.4, -0.2) is 65.0 Å². The fourth-order valence-electron chi connectivity index (χ4n) is 9.51. The van der Waals surface area contributed by atoms with Crippen LogP contribution in [0, 0.1) is 10.8 Å². The minimum absolute atomic E-state index is 0.0581. The lowest BCUT2D eigenvalue weighted by atomic mass is 9.67. The second-order valence-corrected chi connectivity index (χ2v) is 18.2. The Labute approximate surface area is 347 Å². The summed E-state index contributed by atoms with van der Waals surface area (Å²) in [6.07, 6.45) is 8.11. The smallest absolute Gasteiger partial charge is 0.179 e. The van der Waals surface area contributed by atoms with Gasteiger partial charge in [0, 0.05) is 17.3 Å². The van der Waals surface area contributed by atoms with Crippen LogP contribution in [0.5, 0.6) is 23.0 Å². The summed E-state index contributed by atoms with van der Waals surface area (Å²) in [4.78, 5) is 0.280. The Hall–Kier alpha value is -4.05. The molecular weight excluding hydrogens is 749 g/mol. The van der Waals surface area contributed by atoms with Gasteiger partial charge in [0.1, 0.15) is 23.0 Å². The third kappa shape index (κ3) is 9.37. The largest absolute Gasteiger partial charge is 0.497 e. The highest BCUT2D eigenvalue weighted by molar-refractivity contribution is 7.91. The number of hydrogen-bond acceptors (Lipinski definition) is 8. The van der Waals surface area contributed by atoms with Crippen LogP contribution in [0.2, 0.25) is 0 Å². The Bertz CT molecular complexity index is 2060. The molecule has 9 heteroatoms. The van der Waals surface area contributed by atoms with Crippen molar-refractivity contribution in [1.82, 2.24) is 0 Å². The first-order valence-corrected chi connectivity index (χ1v) is 22.8. The quantitative estimate of drug-likeness (QED) is 0.121. The molecule has 0 bridgehead atoms. The van der Waals surface area contributed by atoms with Crippen molar-refractivity contribution in [3.05, 3.63) is 113 Å². The molecule has 8 nitrogen and oxygen atoms in total. The van der Waals surface area contributed by atoms with E-state index in [1.165, 1.54) is 11.1 Å². The highest BCUT2D eigenvalue weighted by Gasteiger charge is 2.49. The average molecular weight is 815 g/mol. The van der Waals surface area contributed by atoms with Gasteiger partial charge in [0.2, 0.25) is 0 Å². The van der Waals surface area contributed by atoms with E-state index in [-0.39, 0.29) is 22.0 Å². The van der Waals surface area contributed by atoms with Crippen molar-refractivity contribution in [3.63, 3.8) is 0 Å². The van der Waals surface area contributed by atoms with Crippen LogP contribution >= 0.6 is 0 Å². The third-order valence-electron chi connectivity index (χ3n) is 13.2. The van der Waals surface area contributed by atoms with Gasteiger partial charge in [-0.15, -0.1) is 0 Å². The summed E-state index contributed by atoms with van der Waals surface area (Å²) in [5.74, 6) is 2.27. The molecule has 316 valence electrons. The van der Waals surface area contributed by atoms with Crippen LogP contribution in [0.3, 0.4) is 0 Å². The van der Waals surface area contributed by atoms with E-state index in [1.54, 1.807) is 46.6 Å². The summed E-state index contributed by atoms with van der Waals surface area (Å²) in [7, 11) is 2.96. The summed E-state index contributed by atoms with van der Waals surface area (Å²) in [5.41, 5.74) is 4.24. The highest BCUT2D eigenvalue weighted by atomic mass is 32.2. The van der Waals surface area contributed by atoms with Gasteiger partial charge >= 0.3 is 0 Å². The van der Waals surface area contributed by atoms with E-state index in [0.29, 0.717) is 29.9 Å². The van der Waals surface area contributed by atoms with Crippen LogP contribution in [0.1, 0.15) is 125 Å². The predicted molar refractivity (Wildman–Crippen MR) is 233 cm³/mol. The van der Waals surface area contributed by atoms with E-state index in [2.05, 4.69) is 45.0 Å². The molecule has 6 atom stereocenters. The first-order valence-electron chi connectivity index (χ1n) is 21.1. The summed E-state index contributed by atoms with van der Waals surface area (Å²) < 4.78 is 48.8. The summed E-state index contributed by atoms with van der Waals surface area (Å²) in [6, 6.07) is 27.1. The van der Waals surface area contributed by atoms with Gasteiger partial charge in [0.05, 0.1) is 51.3 Å². The Morgan fingerprint density at radius 1 is 0.603 bits per heavy atom. The second-order valence-electron chi connectivity index (χ2n) is 16.3. The topological polar surface area (TPSA) is 112 Å². The van der Waals surface area contributed by atoms with Crippen LogP contribution in [0.4, 0.5) is 0 Å². The number of rotatable bonds is 14. The number of ether oxygens (including phenoxy) is 4. The normalized spacial score (nSPS) is 24.8. The molecule has 6 rings (SSSR count). The van der Waals surface area contributed by atoms with E-state index < -0.39 is 33.4 Å². The molecule has 0 aromatic heterocycles. The lowest BCUT2D eigenvalue weighted by Gasteiger charge is -2.40. The van der Waals surface area contributed by atoms with Gasteiger partial charge in [0.15, 0.2) is 9.84 Å². The molecule has 0 spiro atoms. The Morgan fingerprint density at radius 2 is 1.07 bits per heavy atom. The lowest BCUT2D eigenvalue weighted by Crippen LogP contribution is -2.42. The zero-order valence-electron chi connectivity index (χ0n) is 35.9. The van der Waals surface area contributed by atoms with Gasteiger partial charge in [0.25, 0.3) is 0 Å². The van der Waals surface area contributed by atoms with Crippen molar-refractivity contribution in [2.24, 2.45) is 10.8 Å². The van der Waals surface area contributed by atoms with Gasteiger partial charge in [-0.05, 0) is 126 Å². The minimum atomic E-state index is -3.59. The van der Waals surface area contributed by atoms with E-state index >= 15 is 0 Å². The van der Waals surface area contributed by atoms with E-state index in [9.17, 15) is 18.6 Å². The average Bonchev–Trinajstić information content (AvgIpc) is 3.42. The predicted octanol–water partition coefficient (Wildman–Crippen LogP) is 10.3. The summed E-state index contributed by atoms with van der Waals surface area (Å²) >= 11 is 0. The Kier molecular flexibility index (Phi) is 15.4. The molecule has 0 unspecified atom stereocenters. The van der Waals surface area contributed by atoms with Crippen LogP contribution < -0.4 is 18.9 Å². The number of unbranched alkanes of at least 4 members (excludes halogenated alkanes) is 2. The van der Waals surface area contributed by atoms with E-state index in [1.807, 2.05) is 49.4 Å². The van der Waals surface area contributed by atoms with E-state index in [0.717, 1.165) is 74.0 Å². The van der Waals surface area contributed by atoms with Crippen molar-refractivity contribution in [3.8, 4) is 23.0 Å². The molecule has 2 N–H and O–H groups in total. The molecule has 4 aromatic rings. The van der Waals surface area contributed by atoms with Crippen LogP contribution in [-0.2, 0) is 16.3 Å². The van der Waals surface area contributed by atoms with Crippen molar-refractivity contribution >= 4 is 9.84 Å². The molecule has 2 aliphatic rings. The molecule has 0 fully saturated rings. The van der Waals surface area contributed by atoms with Gasteiger partial charge in [-0.3, -0.25) is 0 Å². The molecule has 1 heterocycles. The van der Waals surface area contributed by atoms with Crippen molar-refractivity contribution < 1.29 is 37.6 Å². The Balaban J connectivity index is 0.000000221. The highest BCUT2D eigenvalue weighted by Crippen LogP contribution is 2.51. The molecule has 0 radical (unpaired) electrons. The van der Waals surface area contributed by atoms with Gasteiger partial charge < -0.3 is 29.2 Å². The molecule has 58 heavy (non-hydrogen) atoms. The number of aliphatic hydroxyl groups is 2. The molecule has 1 aliphatic carbocycles. The second kappa shape index (κ2) is 19.8. The SMILES string of the molecule is CCCC[C@]1(CC)CCc2ccc(OC)cc2[C@@H](c2cccc(OC)c2)[C@H]1O.CCCC[C@]1(CC)CS(=O)(=O)c2ccc(OC)cc2[C@H](c2cccc(OC)c2)[C@@H]1O. The van der Waals surface area contributed by atoms with Crippen molar-refractivity contribution in [2.75, 3.05) is 34.2 Å². The molecule has 0 saturated carbocycles. The zero-order chi connectivity index (χ0) is 42.1. The fourth-order valence-corrected chi connectivity index (χ4v) is 11.8. The number of hydrogen-bond donors (Lipinski definition) is 2.